The summed E-state index contributed by atoms with van der Waals surface area (Å²) in [6.45, 7) is 7.41. The van der Waals surface area contributed by atoms with Crippen LogP contribution in [0.2, 0.25) is 0 Å². The summed E-state index contributed by atoms with van der Waals surface area (Å²) in [5.74, 6) is 0.535. The zero-order chi connectivity index (χ0) is 13.5. The molecule has 0 bridgehead atoms. The molecule has 110 valence electrons. The smallest absolute Gasteiger partial charge is 0.217 e. The van der Waals surface area contributed by atoms with E-state index in [1.165, 1.54) is 71.4 Å². The first kappa shape index (κ1) is 14.8. The zero-order valence-electron chi connectivity index (χ0n) is 12.1. The molecule has 2 N–H and O–H groups in total. The lowest BCUT2D eigenvalue weighted by Crippen LogP contribution is -2.42. The average Bonchev–Trinajstić information content (AvgIpc) is 2.44. The number of piperidine rings is 2. The van der Waals surface area contributed by atoms with Gasteiger partial charge in [-0.15, -0.1) is 0 Å². The molecule has 1 atom stereocenters. The molecule has 2 rings (SSSR count). The van der Waals surface area contributed by atoms with Crippen molar-refractivity contribution in [2.45, 2.75) is 44.9 Å². The molecule has 4 nitrogen and oxygen atoms in total. The molecule has 0 aromatic heterocycles. The lowest BCUT2D eigenvalue weighted by Gasteiger charge is -2.35. The van der Waals surface area contributed by atoms with Gasteiger partial charge in [0.05, 0.1) is 0 Å². The van der Waals surface area contributed by atoms with E-state index in [-0.39, 0.29) is 5.91 Å². The standard InChI is InChI=1S/C15H29N3O/c16-15(19)7-6-14-5-4-10-18(13-14)12-11-17-8-2-1-3-9-17/h14H,1-13H2,(H2,16,19). The van der Waals surface area contributed by atoms with Crippen LogP contribution in [0.5, 0.6) is 0 Å². The summed E-state index contributed by atoms with van der Waals surface area (Å²) in [6, 6.07) is 0. The fourth-order valence-corrected chi connectivity index (χ4v) is 3.40. The van der Waals surface area contributed by atoms with E-state index >= 15 is 0 Å². The minimum Gasteiger partial charge on any atom is -0.370 e. The number of rotatable bonds is 6. The van der Waals surface area contributed by atoms with Crippen molar-refractivity contribution in [1.29, 1.82) is 0 Å². The van der Waals surface area contributed by atoms with Gasteiger partial charge in [0, 0.05) is 26.1 Å². The van der Waals surface area contributed by atoms with Crippen LogP contribution in [0.3, 0.4) is 0 Å². The van der Waals surface area contributed by atoms with E-state index in [0.29, 0.717) is 12.3 Å². The van der Waals surface area contributed by atoms with Crippen LogP contribution >= 0.6 is 0 Å². The Bertz CT molecular complexity index is 277. The van der Waals surface area contributed by atoms with E-state index in [2.05, 4.69) is 9.80 Å². The minimum atomic E-state index is -0.148. The lowest BCUT2D eigenvalue weighted by molar-refractivity contribution is -0.118. The summed E-state index contributed by atoms with van der Waals surface area (Å²) in [4.78, 5) is 16.1. The normalized spacial score (nSPS) is 26.4. The molecule has 2 aliphatic heterocycles. The molecule has 1 unspecified atom stereocenters. The van der Waals surface area contributed by atoms with Crippen molar-refractivity contribution in [2.24, 2.45) is 11.7 Å². The molecule has 1 amide bonds. The van der Waals surface area contributed by atoms with Crippen LogP contribution in [0.1, 0.15) is 44.9 Å². The van der Waals surface area contributed by atoms with Gasteiger partial charge in [0.2, 0.25) is 5.91 Å². The molecule has 0 radical (unpaired) electrons. The molecule has 2 fully saturated rings. The molecule has 2 saturated heterocycles. The van der Waals surface area contributed by atoms with Crippen molar-refractivity contribution in [3.8, 4) is 0 Å². The molecule has 0 aromatic carbocycles. The van der Waals surface area contributed by atoms with Crippen LogP contribution in [-0.2, 0) is 4.79 Å². The van der Waals surface area contributed by atoms with Crippen molar-refractivity contribution in [1.82, 2.24) is 9.80 Å². The number of likely N-dealkylation sites (tertiary alicyclic amines) is 2. The Morgan fingerprint density at radius 2 is 1.68 bits per heavy atom. The predicted octanol–water partition coefficient (Wildman–Crippen LogP) is 1.45. The van der Waals surface area contributed by atoms with Crippen molar-refractivity contribution in [3.63, 3.8) is 0 Å². The largest absolute Gasteiger partial charge is 0.370 e. The third-order valence-corrected chi connectivity index (χ3v) is 4.58. The summed E-state index contributed by atoms with van der Waals surface area (Å²) in [5.41, 5.74) is 5.24. The second-order valence-corrected chi connectivity index (χ2v) is 6.22. The minimum absolute atomic E-state index is 0.148. The van der Waals surface area contributed by atoms with Gasteiger partial charge in [-0.05, 0) is 57.7 Å². The first-order valence-electron chi connectivity index (χ1n) is 7.97. The van der Waals surface area contributed by atoms with E-state index < -0.39 is 0 Å². The van der Waals surface area contributed by atoms with E-state index in [9.17, 15) is 4.79 Å². The summed E-state index contributed by atoms with van der Waals surface area (Å²) in [7, 11) is 0. The number of primary amides is 1. The van der Waals surface area contributed by atoms with Crippen molar-refractivity contribution < 1.29 is 4.79 Å². The van der Waals surface area contributed by atoms with Crippen LogP contribution in [0, 0.1) is 5.92 Å². The van der Waals surface area contributed by atoms with Gasteiger partial charge in [0.1, 0.15) is 0 Å². The Hall–Kier alpha value is -0.610. The average molecular weight is 267 g/mol. The third-order valence-electron chi connectivity index (χ3n) is 4.58. The highest BCUT2D eigenvalue weighted by molar-refractivity contribution is 5.73. The summed E-state index contributed by atoms with van der Waals surface area (Å²) < 4.78 is 0. The Labute approximate surface area is 117 Å². The number of carbonyl (C=O) groups excluding carboxylic acids is 1. The van der Waals surface area contributed by atoms with Gasteiger partial charge in [-0.25, -0.2) is 0 Å². The number of hydrogen-bond acceptors (Lipinski definition) is 3. The molecular weight excluding hydrogens is 238 g/mol. The van der Waals surface area contributed by atoms with Crippen LogP contribution in [0.4, 0.5) is 0 Å². The van der Waals surface area contributed by atoms with Gasteiger partial charge in [-0.2, -0.15) is 0 Å². The van der Waals surface area contributed by atoms with Crippen LogP contribution < -0.4 is 5.73 Å². The molecule has 0 spiro atoms. The Balaban J connectivity index is 1.64. The third kappa shape index (κ3) is 5.49. The van der Waals surface area contributed by atoms with E-state index in [1.54, 1.807) is 0 Å². The fraction of sp³-hybridized carbons (Fsp3) is 0.933. The number of carbonyl (C=O) groups is 1. The van der Waals surface area contributed by atoms with Gasteiger partial charge in [0.25, 0.3) is 0 Å². The summed E-state index contributed by atoms with van der Waals surface area (Å²) in [5, 5.41) is 0. The lowest BCUT2D eigenvalue weighted by atomic mass is 9.93. The Kier molecular flexibility index (Phi) is 6.11. The van der Waals surface area contributed by atoms with E-state index in [1.807, 2.05) is 0 Å². The van der Waals surface area contributed by atoms with Crippen LogP contribution in [0.25, 0.3) is 0 Å². The first-order chi connectivity index (χ1) is 9.24. The topological polar surface area (TPSA) is 49.6 Å². The predicted molar refractivity (Wildman–Crippen MR) is 77.9 cm³/mol. The molecule has 0 aliphatic carbocycles. The maximum Gasteiger partial charge on any atom is 0.217 e. The number of amides is 1. The Morgan fingerprint density at radius 1 is 1.00 bits per heavy atom. The maximum absolute atomic E-state index is 10.9. The number of hydrogen-bond donors (Lipinski definition) is 1. The highest BCUT2D eigenvalue weighted by atomic mass is 16.1. The van der Waals surface area contributed by atoms with Gasteiger partial charge in [-0.1, -0.05) is 6.42 Å². The molecule has 4 heteroatoms. The fourth-order valence-electron chi connectivity index (χ4n) is 3.40. The first-order valence-corrected chi connectivity index (χ1v) is 7.97. The molecule has 2 heterocycles. The highest BCUT2D eigenvalue weighted by Gasteiger charge is 2.20. The van der Waals surface area contributed by atoms with Crippen LogP contribution in [-0.4, -0.2) is 55.0 Å². The van der Waals surface area contributed by atoms with E-state index in [0.717, 1.165) is 6.42 Å². The van der Waals surface area contributed by atoms with Crippen LogP contribution in [0.15, 0.2) is 0 Å². The van der Waals surface area contributed by atoms with Gasteiger partial charge in [-0.3, -0.25) is 4.79 Å². The molecule has 2 aliphatic rings. The van der Waals surface area contributed by atoms with Gasteiger partial charge in [0.15, 0.2) is 0 Å². The quantitative estimate of drug-likeness (QED) is 0.792. The summed E-state index contributed by atoms with van der Waals surface area (Å²) >= 11 is 0. The van der Waals surface area contributed by atoms with Crippen molar-refractivity contribution in [2.75, 3.05) is 39.3 Å². The van der Waals surface area contributed by atoms with Gasteiger partial charge < -0.3 is 15.5 Å². The second-order valence-electron chi connectivity index (χ2n) is 6.22. The van der Waals surface area contributed by atoms with Crippen molar-refractivity contribution >= 4 is 5.91 Å². The number of nitrogens with two attached hydrogens (primary N) is 1. The molecular formula is C15H29N3O. The zero-order valence-corrected chi connectivity index (χ0v) is 12.1. The SMILES string of the molecule is NC(=O)CCC1CCCN(CCN2CCCCC2)C1. The monoisotopic (exact) mass is 267 g/mol. The van der Waals surface area contributed by atoms with Gasteiger partial charge >= 0.3 is 0 Å². The number of nitrogens with zero attached hydrogens (tertiary/aromatic N) is 2. The molecule has 0 aromatic rings. The molecule has 19 heavy (non-hydrogen) atoms. The molecule has 0 saturated carbocycles. The summed E-state index contributed by atoms with van der Waals surface area (Å²) in [6.07, 6.45) is 8.26. The second kappa shape index (κ2) is 7.85. The maximum atomic E-state index is 10.9. The highest BCUT2D eigenvalue weighted by Crippen LogP contribution is 2.20. The van der Waals surface area contributed by atoms with E-state index in [4.69, 9.17) is 5.73 Å². The Morgan fingerprint density at radius 3 is 2.42 bits per heavy atom. The van der Waals surface area contributed by atoms with Crippen molar-refractivity contribution in [3.05, 3.63) is 0 Å².